The molecule has 1 aliphatic rings. The number of aryl methyl sites for hydroxylation is 1. The summed E-state index contributed by atoms with van der Waals surface area (Å²) in [6.07, 6.45) is 0. The van der Waals surface area contributed by atoms with Crippen LogP contribution in [0.3, 0.4) is 0 Å². The fourth-order valence-electron chi connectivity index (χ4n) is 2.70. The van der Waals surface area contributed by atoms with Gasteiger partial charge in [0.15, 0.2) is 0 Å². The lowest BCUT2D eigenvalue weighted by Crippen LogP contribution is -2.28. The number of benzene rings is 1. The van der Waals surface area contributed by atoms with Gasteiger partial charge in [-0.1, -0.05) is 36.8 Å². The largest absolute Gasteiger partial charge is 0.316 e. The summed E-state index contributed by atoms with van der Waals surface area (Å²) in [7, 11) is 2.23. The molecule has 17 heavy (non-hydrogen) atoms. The Bertz CT molecular complexity index is 362. The molecule has 0 radical (unpaired) electrons. The second kappa shape index (κ2) is 5.65. The lowest BCUT2D eigenvalue weighted by atomic mass is 9.97. The van der Waals surface area contributed by atoms with Gasteiger partial charge >= 0.3 is 0 Å². The van der Waals surface area contributed by atoms with E-state index in [1.807, 2.05) is 0 Å². The first-order chi connectivity index (χ1) is 8.15. The van der Waals surface area contributed by atoms with Crippen LogP contribution in [0.25, 0.3) is 0 Å². The van der Waals surface area contributed by atoms with Crippen LogP contribution in [0.4, 0.5) is 0 Å². The monoisotopic (exact) mass is 232 g/mol. The SMILES string of the molecule is Cc1cccc(CN(C)C[C@@H]2CNC[C@H]2C)c1. The molecule has 1 aliphatic heterocycles. The summed E-state index contributed by atoms with van der Waals surface area (Å²) in [5.41, 5.74) is 2.78. The van der Waals surface area contributed by atoms with Gasteiger partial charge in [-0.25, -0.2) is 0 Å². The zero-order chi connectivity index (χ0) is 12.3. The molecule has 0 saturated carbocycles. The third-order valence-electron chi connectivity index (χ3n) is 3.76. The van der Waals surface area contributed by atoms with Gasteiger partial charge in [0.1, 0.15) is 0 Å². The van der Waals surface area contributed by atoms with Gasteiger partial charge < -0.3 is 10.2 Å². The van der Waals surface area contributed by atoms with Crippen molar-refractivity contribution in [2.75, 3.05) is 26.7 Å². The quantitative estimate of drug-likeness (QED) is 0.857. The first-order valence-electron chi connectivity index (χ1n) is 6.60. The molecule has 0 bridgehead atoms. The smallest absolute Gasteiger partial charge is 0.0230 e. The van der Waals surface area contributed by atoms with Crippen molar-refractivity contribution >= 4 is 0 Å². The van der Waals surface area contributed by atoms with Crippen molar-refractivity contribution in [3.8, 4) is 0 Å². The second-order valence-electron chi connectivity index (χ2n) is 5.58. The highest BCUT2D eigenvalue weighted by Gasteiger charge is 2.23. The standard InChI is InChI=1S/C15H24N2/c1-12-5-4-6-14(7-12)10-17(3)11-15-9-16-8-13(15)2/h4-7,13,15-16H,8-11H2,1-3H3/t13-,15+/m1/s1. The third kappa shape index (κ3) is 3.55. The number of nitrogens with one attached hydrogen (secondary N) is 1. The zero-order valence-electron chi connectivity index (χ0n) is 11.2. The van der Waals surface area contributed by atoms with Crippen molar-refractivity contribution in [1.29, 1.82) is 0 Å². The van der Waals surface area contributed by atoms with Gasteiger partial charge in [-0.15, -0.1) is 0 Å². The highest BCUT2D eigenvalue weighted by molar-refractivity contribution is 5.22. The Morgan fingerprint density at radius 1 is 1.35 bits per heavy atom. The van der Waals surface area contributed by atoms with Crippen LogP contribution in [0.2, 0.25) is 0 Å². The van der Waals surface area contributed by atoms with Crippen LogP contribution in [-0.2, 0) is 6.54 Å². The van der Waals surface area contributed by atoms with E-state index < -0.39 is 0 Å². The van der Waals surface area contributed by atoms with Crippen LogP contribution in [0.5, 0.6) is 0 Å². The molecule has 1 N–H and O–H groups in total. The normalized spacial score (nSPS) is 24.5. The molecule has 2 atom stereocenters. The second-order valence-corrected chi connectivity index (χ2v) is 5.58. The maximum absolute atomic E-state index is 3.47. The van der Waals surface area contributed by atoms with Crippen molar-refractivity contribution < 1.29 is 0 Å². The molecule has 1 aromatic carbocycles. The summed E-state index contributed by atoms with van der Waals surface area (Å²) in [6, 6.07) is 8.82. The number of hydrogen-bond donors (Lipinski definition) is 1. The first-order valence-corrected chi connectivity index (χ1v) is 6.60. The van der Waals surface area contributed by atoms with E-state index >= 15 is 0 Å². The molecule has 2 heteroatoms. The maximum atomic E-state index is 3.47. The molecule has 0 unspecified atom stereocenters. The van der Waals surface area contributed by atoms with Gasteiger partial charge in [0.2, 0.25) is 0 Å². The minimum atomic E-state index is 0.810. The van der Waals surface area contributed by atoms with Crippen LogP contribution >= 0.6 is 0 Å². The van der Waals surface area contributed by atoms with E-state index in [2.05, 4.69) is 55.4 Å². The van der Waals surface area contributed by atoms with E-state index in [1.54, 1.807) is 0 Å². The Hall–Kier alpha value is -0.860. The molecule has 1 heterocycles. The molecule has 0 amide bonds. The highest BCUT2D eigenvalue weighted by atomic mass is 15.1. The molecular formula is C15H24N2. The molecule has 2 nitrogen and oxygen atoms in total. The predicted octanol–water partition coefficient (Wildman–Crippen LogP) is 2.28. The third-order valence-corrected chi connectivity index (χ3v) is 3.76. The average molecular weight is 232 g/mol. The van der Waals surface area contributed by atoms with E-state index in [1.165, 1.54) is 30.8 Å². The fraction of sp³-hybridized carbons (Fsp3) is 0.600. The first kappa shape index (κ1) is 12.6. The molecule has 94 valence electrons. The van der Waals surface area contributed by atoms with Crippen molar-refractivity contribution in [3.63, 3.8) is 0 Å². The van der Waals surface area contributed by atoms with Gasteiger partial charge in [0.05, 0.1) is 0 Å². The minimum absolute atomic E-state index is 0.810. The number of hydrogen-bond acceptors (Lipinski definition) is 2. The van der Waals surface area contributed by atoms with E-state index in [4.69, 9.17) is 0 Å². The Kier molecular flexibility index (Phi) is 4.19. The summed E-state index contributed by atoms with van der Waals surface area (Å²) in [5.74, 6) is 1.62. The van der Waals surface area contributed by atoms with E-state index in [0.717, 1.165) is 18.4 Å². The topological polar surface area (TPSA) is 15.3 Å². The summed E-state index contributed by atoms with van der Waals surface area (Å²) in [6.45, 7) is 9.13. The van der Waals surface area contributed by atoms with Crippen LogP contribution in [0.15, 0.2) is 24.3 Å². The molecule has 0 aromatic heterocycles. The van der Waals surface area contributed by atoms with Gasteiger partial charge in [-0.05, 0) is 44.5 Å². The Labute approximate surface area is 105 Å². The molecule has 1 fully saturated rings. The Morgan fingerprint density at radius 2 is 2.18 bits per heavy atom. The molecular weight excluding hydrogens is 208 g/mol. The van der Waals surface area contributed by atoms with E-state index in [0.29, 0.717) is 0 Å². The van der Waals surface area contributed by atoms with Crippen molar-refractivity contribution in [1.82, 2.24) is 10.2 Å². The van der Waals surface area contributed by atoms with Gasteiger partial charge in [-0.2, -0.15) is 0 Å². The molecule has 1 aromatic rings. The summed E-state index contributed by atoms with van der Waals surface area (Å²) in [4.78, 5) is 2.45. The molecule has 0 spiro atoms. The van der Waals surface area contributed by atoms with Gasteiger partial charge in [0, 0.05) is 13.1 Å². The van der Waals surface area contributed by atoms with Crippen molar-refractivity contribution in [3.05, 3.63) is 35.4 Å². The highest BCUT2D eigenvalue weighted by Crippen LogP contribution is 2.17. The lowest BCUT2D eigenvalue weighted by Gasteiger charge is -2.23. The summed E-state index contributed by atoms with van der Waals surface area (Å²) >= 11 is 0. The van der Waals surface area contributed by atoms with Gasteiger partial charge in [-0.3, -0.25) is 0 Å². The van der Waals surface area contributed by atoms with Crippen LogP contribution < -0.4 is 5.32 Å². The Morgan fingerprint density at radius 3 is 2.82 bits per heavy atom. The van der Waals surface area contributed by atoms with Crippen molar-refractivity contribution in [2.45, 2.75) is 20.4 Å². The van der Waals surface area contributed by atoms with E-state index in [9.17, 15) is 0 Å². The predicted molar refractivity (Wildman–Crippen MR) is 73.0 cm³/mol. The maximum Gasteiger partial charge on any atom is 0.0230 e. The van der Waals surface area contributed by atoms with Crippen molar-refractivity contribution in [2.24, 2.45) is 11.8 Å². The molecule has 0 aliphatic carbocycles. The minimum Gasteiger partial charge on any atom is -0.316 e. The summed E-state index contributed by atoms with van der Waals surface area (Å²) in [5, 5.41) is 3.47. The fourth-order valence-corrected chi connectivity index (χ4v) is 2.70. The molecule has 2 rings (SSSR count). The zero-order valence-corrected chi connectivity index (χ0v) is 11.2. The number of rotatable bonds is 4. The lowest BCUT2D eigenvalue weighted by molar-refractivity contribution is 0.252. The van der Waals surface area contributed by atoms with Crippen LogP contribution in [0, 0.1) is 18.8 Å². The summed E-state index contributed by atoms with van der Waals surface area (Å²) < 4.78 is 0. The molecule has 1 saturated heterocycles. The average Bonchev–Trinajstić information content (AvgIpc) is 2.64. The van der Waals surface area contributed by atoms with Crippen LogP contribution in [0.1, 0.15) is 18.1 Å². The van der Waals surface area contributed by atoms with Crippen LogP contribution in [-0.4, -0.2) is 31.6 Å². The van der Waals surface area contributed by atoms with Gasteiger partial charge in [0.25, 0.3) is 0 Å². The number of nitrogens with zero attached hydrogens (tertiary/aromatic N) is 1. The Balaban J connectivity index is 1.86. The van der Waals surface area contributed by atoms with E-state index in [-0.39, 0.29) is 0 Å².